The second-order valence-electron chi connectivity index (χ2n) is 5.01. The van der Waals surface area contributed by atoms with Crippen molar-refractivity contribution in [3.63, 3.8) is 0 Å². The lowest BCUT2D eigenvalue weighted by Crippen LogP contribution is -2.37. The molecule has 1 aliphatic heterocycles. The van der Waals surface area contributed by atoms with E-state index in [1.807, 2.05) is 24.3 Å². The Morgan fingerprint density at radius 1 is 1.45 bits per heavy atom. The number of nitrogens with zero attached hydrogens (tertiary/aromatic N) is 1. The highest BCUT2D eigenvalue weighted by atomic mass is 16.5. The van der Waals surface area contributed by atoms with Gasteiger partial charge in [-0.3, -0.25) is 9.59 Å². The maximum absolute atomic E-state index is 12.3. The van der Waals surface area contributed by atoms with Crippen LogP contribution in [0.15, 0.2) is 24.3 Å². The van der Waals surface area contributed by atoms with Gasteiger partial charge in [0.2, 0.25) is 5.91 Å². The normalized spacial score (nSPS) is 18.1. The van der Waals surface area contributed by atoms with E-state index in [0.29, 0.717) is 6.54 Å². The van der Waals surface area contributed by atoms with Gasteiger partial charge in [-0.2, -0.15) is 0 Å². The number of carboxylic acids is 1. The second kappa shape index (κ2) is 6.41. The minimum atomic E-state index is -0.851. The van der Waals surface area contributed by atoms with Crippen LogP contribution in [-0.4, -0.2) is 41.6 Å². The number of rotatable bonds is 5. The molecule has 1 amide bonds. The second-order valence-corrected chi connectivity index (χ2v) is 5.01. The molecule has 0 saturated carbocycles. The molecule has 0 radical (unpaired) electrons. The summed E-state index contributed by atoms with van der Waals surface area (Å²) in [7, 11) is 1.59. The lowest BCUT2D eigenvalue weighted by atomic mass is 10.1. The summed E-state index contributed by atoms with van der Waals surface area (Å²) in [5.74, 6) is -0.142. The third-order valence-electron chi connectivity index (χ3n) is 3.60. The summed E-state index contributed by atoms with van der Waals surface area (Å²) in [6, 6.07) is 7.23. The summed E-state index contributed by atoms with van der Waals surface area (Å²) in [5, 5.41) is 8.88. The van der Waals surface area contributed by atoms with Gasteiger partial charge in [0.05, 0.1) is 20.0 Å². The fraction of sp³-hybridized carbons (Fsp3) is 0.467. The van der Waals surface area contributed by atoms with Gasteiger partial charge in [0.1, 0.15) is 5.75 Å². The Hall–Kier alpha value is -2.04. The molecule has 1 atom stereocenters. The van der Waals surface area contributed by atoms with Crippen LogP contribution in [0.2, 0.25) is 0 Å². The zero-order valence-corrected chi connectivity index (χ0v) is 11.5. The van der Waals surface area contributed by atoms with Gasteiger partial charge >= 0.3 is 5.97 Å². The van der Waals surface area contributed by atoms with Crippen LogP contribution in [0, 0.1) is 0 Å². The molecule has 1 aromatic carbocycles. The Morgan fingerprint density at radius 3 is 2.95 bits per heavy atom. The molecule has 0 bridgehead atoms. The summed E-state index contributed by atoms with van der Waals surface area (Å²) in [6.45, 7) is 0.654. The van der Waals surface area contributed by atoms with Crippen molar-refractivity contribution < 1.29 is 19.4 Å². The van der Waals surface area contributed by atoms with Crippen molar-refractivity contribution in [1.82, 2.24) is 4.90 Å². The molecule has 0 aliphatic carbocycles. The number of likely N-dealkylation sites (tertiary alicyclic amines) is 1. The van der Waals surface area contributed by atoms with Gasteiger partial charge in [-0.15, -0.1) is 0 Å². The summed E-state index contributed by atoms with van der Waals surface area (Å²) < 4.78 is 5.13. The molecule has 1 unspecified atom stereocenters. The van der Waals surface area contributed by atoms with E-state index in [1.165, 1.54) is 0 Å². The number of ether oxygens (including phenoxy) is 1. The van der Waals surface area contributed by atoms with E-state index in [1.54, 1.807) is 12.0 Å². The lowest BCUT2D eigenvalue weighted by molar-refractivity contribution is -0.139. The van der Waals surface area contributed by atoms with Crippen LogP contribution in [0.3, 0.4) is 0 Å². The molecule has 1 N–H and O–H groups in total. The van der Waals surface area contributed by atoms with Crippen LogP contribution in [0.5, 0.6) is 5.75 Å². The van der Waals surface area contributed by atoms with E-state index in [2.05, 4.69) is 0 Å². The number of carbonyl (C=O) groups excluding carboxylic acids is 1. The van der Waals surface area contributed by atoms with Crippen molar-refractivity contribution >= 4 is 11.9 Å². The predicted molar refractivity (Wildman–Crippen MR) is 73.7 cm³/mol. The van der Waals surface area contributed by atoms with Gasteiger partial charge in [0.25, 0.3) is 0 Å². The van der Waals surface area contributed by atoms with Crippen molar-refractivity contribution in [2.24, 2.45) is 0 Å². The molecule has 20 heavy (non-hydrogen) atoms. The van der Waals surface area contributed by atoms with Crippen LogP contribution in [0.25, 0.3) is 0 Å². The summed E-state index contributed by atoms with van der Waals surface area (Å²) in [6.07, 6.45) is 1.97. The third-order valence-corrected chi connectivity index (χ3v) is 3.60. The molecule has 0 aromatic heterocycles. The number of benzene rings is 1. The Labute approximate surface area is 118 Å². The predicted octanol–water partition coefficient (Wildman–Crippen LogP) is 1.70. The molecule has 108 valence electrons. The van der Waals surface area contributed by atoms with Gasteiger partial charge in [-0.1, -0.05) is 12.1 Å². The number of hydrogen-bond acceptors (Lipinski definition) is 3. The monoisotopic (exact) mass is 277 g/mol. The van der Waals surface area contributed by atoms with E-state index >= 15 is 0 Å². The molecule has 1 fully saturated rings. The lowest BCUT2D eigenvalue weighted by Gasteiger charge is -2.23. The fourth-order valence-corrected chi connectivity index (χ4v) is 2.64. The molecule has 1 saturated heterocycles. The van der Waals surface area contributed by atoms with Crippen LogP contribution >= 0.6 is 0 Å². The van der Waals surface area contributed by atoms with Crippen molar-refractivity contribution in [2.75, 3.05) is 13.7 Å². The number of amides is 1. The first-order valence-electron chi connectivity index (χ1n) is 6.74. The van der Waals surface area contributed by atoms with E-state index in [-0.39, 0.29) is 24.8 Å². The van der Waals surface area contributed by atoms with Gasteiger partial charge < -0.3 is 14.7 Å². The van der Waals surface area contributed by atoms with Crippen molar-refractivity contribution in [2.45, 2.75) is 31.7 Å². The van der Waals surface area contributed by atoms with Crippen LogP contribution in [0.4, 0.5) is 0 Å². The molecule has 2 rings (SSSR count). The zero-order valence-electron chi connectivity index (χ0n) is 11.5. The number of methoxy groups -OCH3 is 1. The quantitative estimate of drug-likeness (QED) is 0.889. The number of hydrogen-bond donors (Lipinski definition) is 1. The van der Waals surface area contributed by atoms with Crippen molar-refractivity contribution in [3.05, 3.63) is 29.8 Å². The maximum atomic E-state index is 12.3. The van der Waals surface area contributed by atoms with Crippen LogP contribution < -0.4 is 4.74 Å². The summed E-state index contributed by atoms with van der Waals surface area (Å²) in [4.78, 5) is 24.8. The first-order valence-corrected chi connectivity index (χ1v) is 6.74. The third kappa shape index (κ3) is 3.50. The maximum Gasteiger partial charge on any atom is 0.305 e. The van der Waals surface area contributed by atoms with E-state index in [9.17, 15) is 9.59 Å². The van der Waals surface area contributed by atoms with Gasteiger partial charge in [0, 0.05) is 12.6 Å². The zero-order chi connectivity index (χ0) is 14.5. The van der Waals surface area contributed by atoms with E-state index in [4.69, 9.17) is 9.84 Å². The Kier molecular flexibility index (Phi) is 4.61. The molecule has 5 heteroatoms. The van der Waals surface area contributed by atoms with Crippen molar-refractivity contribution in [3.8, 4) is 5.75 Å². The van der Waals surface area contributed by atoms with E-state index in [0.717, 1.165) is 24.2 Å². The van der Waals surface area contributed by atoms with Crippen molar-refractivity contribution in [1.29, 1.82) is 0 Å². The van der Waals surface area contributed by atoms with Crippen LogP contribution in [-0.2, 0) is 16.0 Å². The fourth-order valence-electron chi connectivity index (χ4n) is 2.64. The Balaban J connectivity index is 2.01. The smallest absolute Gasteiger partial charge is 0.305 e. The summed E-state index contributed by atoms with van der Waals surface area (Å²) in [5.41, 5.74) is 0.885. The number of carbonyl (C=O) groups is 2. The first kappa shape index (κ1) is 14.4. The highest BCUT2D eigenvalue weighted by Gasteiger charge is 2.30. The SMILES string of the molecule is COc1cccc(CC(=O)N2CCCC2CC(=O)O)c1. The standard InChI is InChI=1S/C15H19NO4/c1-20-13-6-2-4-11(8-13)9-14(17)16-7-3-5-12(16)10-15(18)19/h2,4,6,8,12H,3,5,7,9-10H2,1H3,(H,18,19). The molecule has 1 heterocycles. The average molecular weight is 277 g/mol. The highest BCUT2D eigenvalue weighted by Crippen LogP contribution is 2.22. The molecular formula is C15H19NO4. The number of aliphatic carboxylic acids is 1. The van der Waals surface area contributed by atoms with E-state index < -0.39 is 5.97 Å². The molecular weight excluding hydrogens is 258 g/mol. The Morgan fingerprint density at radius 2 is 2.25 bits per heavy atom. The average Bonchev–Trinajstić information content (AvgIpc) is 2.86. The van der Waals surface area contributed by atoms with Gasteiger partial charge in [-0.05, 0) is 30.5 Å². The minimum absolute atomic E-state index is 0.0120. The molecule has 1 aliphatic rings. The Bertz CT molecular complexity index is 500. The molecule has 5 nitrogen and oxygen atoms in total. The highest BCUT2D eigenvalue weighted by molar-refractivity contribution is 5.80. The van der Waals surface area contributed by atoms with Gasteiger partial charge in [-0.25, -0.2) is 0 Å². The summed E-state index contributed by atoms with van der Waals surface area (Å²) >= 11 is 0. The molecule has 0 spiro atoms. The largest absolute Gasteiger partial charge is 0.497 e. The topological polar surface area (TPSA) is 66.8 Å². The molecule has 1 aromatic rings. The first-order chi connectivity index (χ1) is 9.60. The van der Waals surface area contributed by atoms with Gasteiger partial charge in [0.15, 0.2) is 0 Å². The minimum Gasteiger partial charge on any atom is -0.497 e. The number of carboxylic acid groups (broad SMARTS) is 1. The van der Waals surface area contributed by atoms with Crippen LogP contribution in [0.1, 0.15) is 24.8 Å².